The highest BCUT2D eigenvalue weighted by atomic mass is 16.2. The number of nitrogens with zero attached hydrogens (tertiary/aromatic N) is 2. The summed E-state index contributed by atoms with van der Waals surface area (Å²) in [6.45, 7) is 2.14. The van der Waals surface area contributed by atoms with Crippen molar-refractivity contribution in [1.82, 2.24) is 9.88 Å². The molecule has 1 saturated heterocycles. The van der Waals surface area contributed by atoms with Crippen LogP contribution in [0, 0.1) is 11.8 Å². The summed E-state index contributed by atoms with van der Waals surface area (Å²) in [5.74, 6) is 5.82. The zero-order valence-corrected chi connectivity index (χ0v) is 14.0. The lowest BCUT2D eigenvalue weighted by Crippen LogP contribution is -2.42. The first-order valence-electron chi connectivity index (χ1n) is 8.25. The molecule has 2 heterocycles. The summed E-state index contributed by atoms with van der Waals surface area (Å²) in [5, 5.41) is 2.89. The van der Waals surface area contributed by atoms with Crippen molar-refractivity contribution in [2.45, 2.75) is 25.8 Å². The molecule has 1 unspecified atom stereocenters. The van der Waals surface area contributed by atoms with Crippen LogP contribution in [0.5, 0.6) is 0 Å². The highest BCUT2D eigenvalue weighted by molar-refractivity contribution is 5.97. The first-order chi connectivity index (χ1) is 12.1. The van der Waals surface area contributed by atoms with E-state index in [-0.39, 0.29) is 17.9 Å². The number of hydrogen-bond acceptors (Lipinski definition) is 3. The zero-order valence-electron chi connectivity index (χ0n) is 14.0. The molecular formula is C20H19N3O2. The lowest BCUT2D eigenvalue weighted by molar-refractivity contribution is -0.134. The molecule has 1 aliphatic rings. The Morgan fingerprint density at radius 1 is 1.20 bits per heavy atom. The molecule has 5 heteroatoms. The van der Waals surface area contributed by atoms with Crippen LogP contribution in [-0.4, -0.2) is 34.3 Å². The van der Waals surface area contributed by atoms with E-state index in [9.17, 15) is 9.59 Å². The summed E-state index contributed by atoms with van der Waals surface area (Å²) in [6.07, 6.45) is 3.25. The first-order valence-corrected chi connectivity index (χ1v) is 8.25. The van der Waals surface area contributed by atoms with Gasteiger partial charge in [0.15, 0.2) is 0 Å². The van der Waals surface area contributed by atoms with E-state index < -0.39 is 0 Å². The molecule has 1 aromatic carbocycles. The van der Waals surface area contributed by atoms with Crippen LogP contribution in [0.2, 0.25) is 0 Å². The van der Waals surface area contributed by atoms with Gasteiger partial charge in [-0.15, -0.1) is 0 Å². The first kappa shape index (κ1) is 16.7. The molecular weight excluding hydrogens is 314 g/mol. The number of pyridine rings is 1. The number of hydrogen-bond donors (Lipinski definition) is 1. The summed E-state index contributed by atoms with van der Waals surface area (Å²) < 4.78 is 0. The van der Waals surface area contributed by atoms with E-state index in [1.54, 1.807) is 11.1 Å². The second kappa shape index (κ2) is 7.63. The lowest BCUT2D eigenvalue weighted by atomic mass is 10.1. The number of amides is 2. The molecule has 2 aromatic rings. The molecule has 0 bridgehead atoms. The van der Waals surface area contributed by atoms with Gasteiger partial charge >= 0.3 is 0 Å². The Labute approximate surface area is 147 Å². The van der Waals surface area contributed by atoms with E-state index >= 15 is 0 Å². The molecule has 1 aromatic heterocycles. The second-order valence-corrected chi connectivity index (χ2v) is 5.91. The zero-order chi connectivity index (χ0) is 17.6. The minimum Gasteiger partial charge on any atom is -0.331 e. The van der Waals surface area contributed by atoms with Gasteiger partial charge in [-0.05, 0) is 49.1 Å². The summed E-state index contributed by atoms with van der Waals surface area (Å²) in [5.41, 5.74) is 2.16. The molecule has 0 spiro atoms. The number of carbonyl (C=O) groups is 2. The van der Waals surface area contributed by atoms with E-state index in [1.807, 2.05) is 42.5 Å². The van der Waals surface area contributed by atoms with E-state index in [0.717, 1.165) is 12.0 Å². The standard InChI is InChI=1S/C20H19N3O2/c1-15(24)23-13-5-9-19(23)20(25)22-18-8-4-6-16(14-18)10-11-17-7-2-3-12-21-17/h2-4,6-8,12,14,19H,5,9,13H2,1H3,(H,22,25). The maximum atomic E-state index is 12.5. The molecule has 126 valence electrons. The molecule has 25 heavy (non-hydrogen) atoms. The lowest BCUT2D eigenvalue weighted by Gasteiger charge is -2.22. The van der Waals surface area contributed by atoms with Gasteiger partial charge in [0.25, 0.3) is 0 Å². The summed E-state index contributed by atoms with van der Waals surface area (Å²) in [6, 6.07) is 12.5. The third kappa shape index (κ3) is 4.24. The molecule has 1 N–H and O–H groups in total. The second-order valence-electron chi connectivity index (χ2n) is 5.91. The van der Waals surface area contributed by atoms with Crippen LogP contribution >= 0.6 is 0 Å². The number of aromatic nitrogens is 1. The molecule has 1 aliphatic heterocycles. The average Bonchev–Trinajstić information content (AvgIpc) is 3.11. The smallest absolute Gasteiger partial charge is 0.247 e. The largest absolute Gasteiger partial charge is 0.331 e. The van der Waals surface area contributed by atoms with Gasteiger partial charge in [0.2, 0.25) is 11.8 Å². The number of nitrogens with one attached hydrogen (secondary N) is 1. The molecule has 1 atom stereocenters. The summed E-state index contributed by atoms with van der Waals surface area (Å²) in [7, 11) is 0. The van der Waals surface area contributed by atoms with Crippen LogP contribution in [0.25, 0.3) is 0 Å². The van der Waals surface area contributed by atoms with Crippen molar-refractivity contribution in [3.63, 3.8) is 0 Å². The van der Waals surface area contributed by atoms with Gasteiger partial charge in [-0.1, -0.05) is 18.1 Å². The van der Waals surface area contributed by atoms with Crippen LogP contribution in [0.4, 0.5) is 5.69 Å². The number of rotatable bonds is 2. The molecule has 0 saturated carbocycles. The molecule has 2 amide bonds. The fourth-order valence-electron chi connectivity index (χ4n) is 2.89. The van der Waals surface area contributed by atoms with Crippen molar-refractivity contribution in [3.8, 4) is 11.8 Å². The fraction of sp³-hybridized carbons (Fsp3) is 0.250. The van der Waals surface area contributed by atoms with Crippen molar-refractivity contribution < 1.29 is 9.59 Å². The molecule has 3 rings (SSSR count). The molecule has 5 nitrogen and oxygen atoms in total. The van der Waals surface area contributed by atoms with Crippen LogP contribution in [-0.2, 0) is 9.59 Å². The number of anilines is 1. The van der Waals surface area contributed by atoms with Crippen molar-refractivity contribution in [3.05, 3.63) is 59.9 Å². The Balaban J connectivity index is 1.71. The van der Waals surface area contributed by atoms with Gasteiger partial charge in [-0.3, -0.25) is 9.59 Å². The Morgan fingerprint density at radius 3 is 2.84 bits per heavy atom. The molecule has 1 fully saturated rings. The van der Waals surface area contributed by atoms with Crippen molar-refractivity contribution >= 4 is 17.5 Å². The highest BCUT2D eigenvalue weighted by Gasteiger charge is 2.32. The third-order valence-corrected chi connectivity index (χ3v) is 4.09. The maximum absolute atomic E-state index is 12.5. The van der Waals surface area contributed by atoms with Gasteiger partial charge in [0, 0.05) is 30.9 Å². The monoisotopic (exact) mass is 333 g/mol. The Kier molecular flexibility index (Phi) is 5.10. The normalized spacial score (nSPS) is 16.0. The fourth-order valence-corrected chi connectivity index (χ4v) is 2.89. The van der Waals surface area contributed by atoms with Gasteiger partial charge < -0.3 is 10.2 Å². The van der Waals surface area contributed by atoms with Gasteiger partial charge in [0.05, 0.1) is 0 Å². The SMILES string of the molecule is CC(=O)N1CCCC1C(=O)Nc1cccc(C#Cc2ccccn2)c1. The van der Waals surface area contributed by atoms with Crippen molar-refractivity contribution in [2.24, 2.45) is 0 Å². The van der Waals surface area contributed by atoms with E-state index in [0.29, 0.717) is 24.3 Å². The number of benzene rings is 1. The number of likely N-dealkylation sites (tertiary alicyclic amines) is 1. The topological polar surface area (TPSA) is 62.3 Å². The summed E-state index contributed by atoms with van der Waals surface area (Å²) in [4.78, 5) is 29.9. The summed E-state index contributed by atoms with van der Waals surface area (Å²) >= 11 is 0. The van der Waals surface area contributed by atoms with Crippen LogP contribution in [0.3, 0.4) is 0 Å². The molecule has 0 aliphatic carbocycles. The Morgan fingerprint density at radius 2 is 2.08 bits per heavy atom. The van der Waals surface area contributed by atoms with Crippen LogP contribution < -0.4 is 5.32 Å². The van der Waals surface area contributed by atoms with E-state index in [1.165, 1.54) is 6.92 Å². The highest BCUT2D eigenvalue weighted by Crippen LogP contribution is 2.19. The number of carbonyl (C=O) groups excluding carboxylic acids is 2. The van der Waals surface area contributed by atoms with Crippen molar-refractivity contribution in [1.29, 1.82) is 0 Å². The van der Waals surface area contributed by atoms with Crippen molar-refractivity contribution in [2.75, 3.05) is 11.9 Å². The maximum Gasteiger partial charge on any atom is 0.247 e. The molecule has 0 radical (unpaired) electrons. The minimum atomic E-state index is -0.388. The van der Waals surface area contributed by atoms with Crippen LogP contribution in [0.15, 0.2) is 48.7 Å². The predicted octanol–water partition coefficient (Wildman–Crippen LogP) is 2.43. The van der Waals surface area contributed by atoms with E-state index in [4.69, 9.17) is 0 Å². The van der Waals surface area contributed by atoms with Crippen LogP contribution in [0.1, 0.15) is 31.0 Å². The predicted molar refractivity (Wildman–Crippen MR) is 95.7 cm³/mol. The quantitative estimate of drug-likeness (QED) is 0.859. The van der Waals surface area contributed by atoms with Gasteiger partial charge in [-0.25, -0.2) is 4.98 Å². The minimum absolute atomic E-state index is 0.0624. The van der Waals surface area contributed by atoms with Gasteiger partial charge in [-0.2, -0.15) is 0 Å². The van der Waals surface area contributed by atoms with E-state index in [2.05, 4.69) is 22.1 Å². The Hall–Kier alpha value is -3.13. The Bertz CT molecular complexity index is 837. The third-order valence-electron chi connectivity index (χ3n) is 4.09. The average molecular weight is 333 g/mol. The van der Waals surface area contributed by atoms with Gasteiger partial charge in [0.1, 0.15) is 11.7 Å².